The second-order valence-electron chi connectivity index (χ2n) is 4.19. The summed E-state index contributed by atoms with van der Waals surface area (Å²) in [7, 11) is 5.41. The lowest BCUT2D eigenvalue weighted by Gasteiger charge is -2.29. The molecule has 0 aromatic rings. The van der Waals surface area contributed by atoms with Gasteiger partial charge in [-0.3, -0.25) is 4.90 Å². The zero-order valence-corrected chi connectivity index (χ0v) is 9.99. The summed E-state index contributed by atoms with van der Waals surface area (Å²) in [5.74, 6) is 0. The van der Waals surface area contributed by atoms with Gasteiger partial charge in [0.25, 0.3) is 0 Å². The van der Waals surface area contributed by atoms with Crippen LogP contribution in [0.15, 0.2) is 0 Å². The highest BCUT2D eigenvalue weighted by Gasteiger charge is 2.13. The molecule has 1 fully saturated rings. The zero-order valence-electron chi connectivity index (χ0n) is 9.99. The molecule has 0 atom stereocenters. The van der Waals surface area contributed by atoms with Crippen LogP contribution < -0.4 is 5.32 Å². The number of likely N-dealkylation sites (N-methyl/N-ethyl adjacent to an activating group) is 1. The van der Waals surface area contributed by atoms with Gasteiger partial charge in [0.05, 0.1) is 0 Å². The normalized spacial score (nSPS) is 17.5. The number of piperazine rings is 1. The number of nitrogens with zero attached hydrogens (tertiary/aromatic N) is 3. The van der Waals surface area contributed by atoms with E-state index in [0.717, 1.165) is 39.3 Å². The summed E-state index contributed by atoms with van der Waals surface area (Å²) in [5, 5.41) is 3.31. The molecule has 88 valence electrons. The number of hydrogen-bond donors (Lipinski definition) is 1. The van der Waals surface area contributed by atoms with E-state index in [1.54, 1.807) is 23.9 Å². The molecule has 1 heterocycles. The van der Waals surface area contributed by atoms with Gasteiger partial charge in [0.2, 0.25) is 0 Å². The van der Waals surface area contributed by atoms with Crippen LogP contribution >= 0.6 is 0 Å². The van der Waals surface area contributed by atoms with E-state index in [1.165, 1.54) is 0 Å². The monoisotopic (exact) mass is 214 g/mol. The number of carbonyl (C=O) groups is 1. The number of urea groups is 1. The highest BCUT2D eigenvalue weighted by molar-refractivity contribution is 5.73. The summed E-state index contributed by atoms with van der Waals surface area (Å²) < 4.78 is 0. The van der Waals surface area contributed by atoms with Crippen LogP contribution in [0, 0.1) is 0 Å². The van der Waals surface area contributed by atoms with Gasteiger partial charge in [-0.25, -0.2) is 4.79 Å². The van der Waals surface area contributed by atoms with Crippen molar-refractivity contribution in [2.24, 2.45) is 0 Å². The molecule has 1 rings (SSSR count). The van der Waals surface area contributed by atoms with Crippen LogP contribution in [0.4, 0.5) is 4.79 Å². The predicted octanol–water partition coefficient (Wildman–Crippen LogP) is -0.495. The maximum Gasteiger partial charge on any atom is 0.319 e. The average Bonchev–Trinajstić information content (AvgIpc) is 2.26. The molecule has 1 N–H and O–H groups in total. The first-order valence-electron chi connectivity index (χ1n) is 5.46. The van der Waals surface area contributed by atoms with Crippen molar-refractivity contribution in [1.82, 2.24) is 20.0 Å². The van der Waals surface area contributed by atoms with Gasteiger partial charge < -0.3 is 15.1 Å². The Morgan fingerprint density at radius 1 is 1.27 bits per heavy atom. The summed E-state index contributed by atoms with van der Waals surface area (Å²) in [4.78, 5) is 17.3. The van der Waals surface area contributed by atoms with Crippen molar-refractivity contribution in [3.8, 4) is 0 Å². The first-order chi connectivity index (χ1) is 7.11. The van der Waals surface area contributed by atoms with E-state index in [1.807, 2.05) is 7.05 Å². The Labute approximate surface area is 92.0 Å². The summed E-state index contributed by atoms with van der Waals surface area (Å²) in [6, 6.07) is 0.0742. The first kappa shape index (κ1) is 12.3. The number of hydrogen-bond acceptors (Lipinski definition) is 3. The van der Waals surface area contributed by atoms with Gasteiger partial charge in [-0.2, -0.15) is 0 Å². The Kier molecular flexibility index (Phi) is 4.84. The number of carbonyl (C=O) groups excluding carboxylic acids is 1. The van der Waals surface area contributed by atoms with E-state index in [-0.39, 0.29) is 6.03 Å². The summed E-state index contributed by atoms with van der Waals surface area (Å²) >= 11 is 0. The molecule has 0 saturated carbocycles. The van der Waals surface area contributed by atoms with Gasteiger partial charge in [-0.15, -0.1) is 0 Å². The fourth-order valence-electron chi connectivity index (χ4n) is 1.66. The van der Waals surface area contributed by atoms with E-state index in [4.69, 9.17) is 0 Å². The van der Waals surface area contributed by atoms with Crippen LogP contribution in [0.1, 0.15) is 0 Å². The molecule has 0 bridgehead atoms. The predicted molar refractivity (Wildman–Crippen MR) is 61.0 cm³/mol. The average molecular weight is 214 g/mol. The van der Waals surface area contributed by atoms with Crippen molar-refractivity contribution < 1.29 is 4.79 Å². The van der Waals surface area contributed by atoms with Gasteiger partial charge in [-0.05, 0) is 0 Å². The molecule has 5 nitrogen and oxygen atoms in total. The minimum atomic E-state index is 0.0742. The molecule has 0 spiro atoms. The van der Waals surface area contributed by atoms with E-state index < -0.39 is 0 Å². The van der Waals surface area contributed by atoms with Gasteiger partial charge in [-0.1, -0.05) is 0 Å². The van der Waals surface area contributed by atoms with Crippen molar-refractivity contribution in [3.63, 3.8) is 0 Å². The van der Waals surface area contributed by atoms with Gasteiger partial charge >= 0.3 is 6.03 Å². The van der Waals surface area contributed by atoms with E-state index in [0.29, 0.717) is 0 Å². The molecule has 0 unspecified atom stereocenters. The van der Waals surface area contributed by atoms with Crippen LogP contribution in [0.25, 0.3) is 0 Å². The summed E-state index contributed by atoms with van der Waals surface area (Å²) in [5.41, 5.74) is 0. The third kappa shape index (κ3) is 4.05. The van der Waals surface area contributed by atoms with E-state index in [9.17, 15) is 4.79 Å². The van der Waals surface area contributed by atoms with E-state index in [2.05, 4.69) is 10.2 Å². The Morgan fingerprint density at radius 2 is 1.87 bits per heavy atom. The minimum absolute atomic E-state index is 0.0742. The van der Waals surface area contributed by atoms with Crippen LogP contribution in [-0.2, 0) is 0 Å². The molecule has 1 aliphatic heterocycles. The molecule has 0 aromatic carbocycles. The molecule has 2 amide bonds. The highest BCUT2D eigenvalue weighted by atomic mass is 16.2. The maximum absolute atomic E-state index is 11.5. The quantitative estimate of drug-likeness (QED) is 0.689. The Balaban J connectivity index is 2.20. The highest BCUT2D eigenvalue weighted by Crippen LogP contribution is 1.95. The van der Waals surface area contributed by atoms with E-state index >= 15 is 0 Å². The summed E-state index contributed by atoms with van der Waals surface area (Å²) in [6.07, 6.45) is 0. The van der Waals surface area contributed by atoms with Gasteiger partial charge in [0.15, 0.2) is 0 Å². The minimum Gasteiger partial charge on any atom is -0.331 e. The number of rotatable bonds is 3. The molecule has 1 aliphatic rings. The molecule has 5 heteroatoms. The topological polar surface area (TPSA) is 38.8 Å². The maximum atomic E-state index is 11.5. The van der Waals surface area contributed by atoms with Crippen LogP contribution in [0.5, 0.6) is 0 Å². The fourth-order valence-corrected chi connectivity index (χ4v) is 1.66. The van der Waals surface area contributed by atoms with Crippen molar-refractivity contribution in [2.45, 2.75) is 0 Å². The van der Waals surface area contributed by atoms with Crippen LogP contribution in [0.3, 0.4) is 0 Å². The fraction of sp³-hybridized carbons (Fsp3) is 0.900. The Bertz CT molecular complexity index is 202. The SMILES string of the molecule is CN(C)C(=O)N(C)CCN1CCNCC1. The largest absolute Gasteiger partial charge is 0.331 e. The van der Waals surface area contributed by atoms with Crippen molar-refractivity contribution >= 4 is 6.03 Å². The zero-order chi connectivity index (χ0) is 11.3. The number of amides is 2. The van der Waals surface area contributed by atoms with Gasteiger partial charge in [0.1, 0.15) is 0 Å². The molecular formula is C10H22N4O. The first-order valence-corrected chi connectivity index (χ1v) is 5.46. The smallest absolute Gasteiger partial charge is 0.319 e. The molecule has 15 heavy (non-hydrogen) atoms. The Morgan fingerprint density at radius 3 is 2.40 bits per heavy atom. The van der Waals surface area contributed by atoms with Gasteiger partial charge in [0, 0.05) is 60.4 Å². The second-order valence-corrected chi connectivity index (χ2v) is 4.19. The summed E-state index contributed by atoms with van der Waals surface area (Å²) in [6.45, 7) is 6.07. The lowest BCUT2D eigenvalue weighted by molar-refractivity contribution is 0.167. The third-order valence-corrected chi connectivity index (χ3v) is 2.67. The van der Waals surface area contributed by atoms with Crippen molar-refractivity contribution in [3.05, 3.63) is 0 Å². The standard InChI is InChI=1S/C10H22N4O/c1-12(2)10(15)13(3)8-9-14-6-4-11-5-7-14/h11H,4-9H2,1-3H3. The molecular weight excluding hydrogens is 192 g/mol. The van der Waals surface area contributed by atoms with Crippen molar-refractivity contribution in [2.75, 3.05) is 60.4 Å². The van der Waals surface area contributed by atoms with Crippen molar-refractivity contribution in [1.29, 1.82) is 0 Å². The van der Waals surface area contributed by atoms with Crippen LogP contribution in [0.2, 0.25) is 0 Å². The molecule has 0 aliphatic carbocycles. The molecule has 1 saturated heterocycles. The molecule has 0 aromatic heterocycles. The van der Waals surface area contributed by atoms with Crippen LogP contribution in [-0.4, -0.2) is 81.1 Å². The lowest BCUT2D eigenvalue weighted by atomic mass is 10.3. The Hall–Kier alpha value is -0.810. The number of nitrogens with one attached hydrogen (secondary N) is 1. The third-order valence-electron chi connectivity index (χ3n) is 2.67. The second kappa shape index (κ2) is 5.92. The molecule has 0 radical (unpaired) electrons. The lowest BCUT2D eigenvalue weighted by Crippen LogP contribution is -2.47.